The number of carbonyl (C=O) groups is 5. The molecule has 4 amide bonds. The molecule has 0 bridgehead atoms. The van der Waals surface area contributed by atoms with Crippen LogP contribution in [0.15, 0.2) is 18.2 Å². The van der Waals surface area contributed by atoms with Gasteiger partial charge in [0.1, 0.15) is 12.1 Å². The minimum absolute atomic E-state index is 0.0587. The summed E-state index contributed by atoms with van der Waals surface area (Å²) in [4.78, 5) is 63.3. The third-order valence-corrected chi connectivity index (χ3v) is 5.54. The molecule has 4 rings (SSSR count). The number of nitrogens with zero attached hydrogens (tertiary/aromatic N) is 2. The molecule has 2 unspecified atom stereocenters. The Morgan fingerprint density at radius 3 is 2.50 bits per heavy atom. The van der Waals surface area contributed by atoms with Crippen LogP contribution in [0.25, 0.3) is 0 Å². The van der Waals surface area contributed by atoms with Gasteiger partial charge < -0.3 is 10.0 Å². The van der Waals surface area contributed by atoms with Gasteiger partial charge in [0, 0.05) is 18.7 Å². The number of hydrogen-bond donors (Lipinski definition) is 2. The average molecular weight is 385 g/mol. The molecule has 0 aromatic heterocycles. The third kappa shape index (κ3) is 2.83. The summed E-state index contributed by atoms with van der Waals surface area (Å²) in [6.45, 7) is 0.550. The van der Waals surface area contributed by atoms with Gasteiger partial charge >= 0.3 is 5.97 Å². The monoisotopic (exact) mass is 385 g/mol. The summed E-state index contributed by atoms with van der Waals surface area (Å²) in [5, 5.41) is 11.6. The van der Waals surface area contributed by atoms with Crippen LogP contribution in [-0.4, -0.2) is 58.2 Å². The van der Waals surface area contributed by atoms with Crippen LogP contribution in [0, 0.1) is 0 Å². The van der Waals surface area contributed by atoms with E-state index in [1.807, 2.05) is 0 Å². The number of benzene rings is 1. The first-order valence-corrected chi connectivity index (χ1v) is 9.23. The Bertz CT molecular complexity index is 911. The van der Waals surface area contributed by atoms with Crippen LogP contribution in [0.5, 0.6) is 0 Å². The first kappa shape index (κ1) is 18.1. The van der Waals surface area contributed by atoms with Crippen molar-refractivity contribution in [2.24, 2.45) is 0 Å². The number of carboxylic acids is 1. The highest BCUT2D eigenvalue weighted by Gasteiger charge is 2.45. The van der Waals surface area contributed by atoms with E-state index in [4.69, 9.17) is 0 Å². The predicted octanol–water partition coefficient (Wildman–Crippen LogP) is 0.531. The van der Waals surface area contributed by atoms with Crippen molar-refractivity contribution in [3.63, 3.8) is 0 Å². The number of hydrogen-bond acceptors (Lipinski definition) is 6. The smallest absolute Gasteiger partial charge is 0.326 e. The van der Waals surface area contributed by atoms with E-state index in [9.17, 15) is 29.1 Å². The molecule has 9 heteroatoms. The molecule has 2 saturated heterocycles. The van der Waals surface area contributed by atoms with Crippen LogP contribution >= 0.6 is 0 Å². The zero-order valence-corrected chi connectivity index (χ0v) is 15.0. The molecule has 2 fully saturated rings. The fourth-order valence-corrected chi connectivity index (χ4v) is 4.13. The van der Waals surface area contributed by atoms with Crippen LogP contribution in [0.2, 0.25) is 0 Å². The van der Waals surface area contributed by atoms with E-state index in [0.29, 0.717) is 18.7 Å². The second-order valence-corrected chi connectivity index (χ2v) is 7.22. The summed E-state index contributed by atoms with van der Waals surface area (Å²) >= 11 is 0. The maximum Gasteiger partial charge on any atom is 0.326 e. The number of carboxylic acid groups (broad SMARTS) is 1. The number of rotatable bonds is 3. The molecule has 146 valence electrons. The van der Waals surface area contributed by atoms with Gasteiger partial charge in [-0.15, -0.1) is 0 Å². The lowest BCUT2D eigenvalue weighted by atomic mass is 10.00. The van der Waals surface area contributed by atoms with E-state index in [2.05, 4.69) is 5.32 Å². The van der Waals surface area contributed by atoms with Crippen molar-refractivity contribution in [2.45, 2.75) is 44.2 Å². The van der Waals surface area contributed by atoms with Gasteiger partial charge in [0.25, 0.3) is 11.8 Å². The molecule has 28 heavy (non-hydrogen) atoms. The fourth-order valence-electron chi connectivity index (χ4n) is 4.13. The molecule has 3 heterocycles. The minimum Gasteiger partial charge on any atom is -0.480 e. The number of carbonyl (C=O) groups excluding carboxylic acids is 4. The van der Waals surface area contributed by atoms with Crippen LogP contribution in [0.1, 0.15) is 52.8 Å². The van der Waals surface area contributed by atoms with Crippen LogP contribution in [0.4, 0.5) is 5.69 Å². The zero-order valence-electron chi connectivity index (χ0n) is 15.0. The second kappa shape index (κ2) is 6.74. The number of amides is 4. The standard InChI is InChI=1S/C19H19N3O6/c23-15-7-6-13(16(24)20-15)22-17(25)11-5-4-10(9-12(11)18(22)26)21-8-2-1-3-14(21)19(27)28/h4-5,9,13-14H,1-3,6-8H2,(H,27,28)(H,20,23,24). The summed E-state index contributed by atoms with van der Waals surface area (Å²) in [7, 11) is 0. The Morgan fingerprint density at radius 2 is 1.79 bits per heavy atom. The lowest BCUT2D eigenvalue weighted by Gasteiger charge is -2.35. The molecule has 2 N–H and O–H groups in total. The summed E-state index contributed by atoms with van der Waals surface area (Å²) in [6.07, 6.45) is 2.33. The van der Waals surface area contributed by atoms with Crippen molar-refractivity contribution in [1.29, 1.82) is 0 Å². The Kier molecular flexibility index (Phi) is 4.37. The van der Waals surface area contributed by atoms with E-state index < -0.39 is 41.7 Å². The SMILES string of the molecule is O=C1CCC(N2C(=O)c3ccc(N4CCCCC4C(=O)O)cc3C2=O)C(=O)N1. The van der Waals surface area contributed by atoms with Crippen molar-refractivity contribution in [3.05, 3.63) is 29.3 Å². The van der Waals surface area contributed by atoms with Gasteiger partial charge in [0.2, 0.25) is 11.8 Å². The number of nitrogens with one attached hydrogen (secondary N) is 1. The van der Waals surface area contributed by atoms with Crippen LogP contribution in [0.3, 0.4) is 0 Å². The van der Waals surface area contributed by atoms with E-state index >= 15 is 0 Å². The molecule has 3 aliphatic heterocycles. The minimum atomic E-state index is -1.02. The van der Waals surface area contributed by atoms with Crippen LogP contribution in [-0.2, 0) is 14.4 Å². The molecular weight excluding hydrogens is 366 g/mol. The summed E-state index contributed by atoms with van der Waals surface area (Å²) < 4.78 is 0. The number of anilines is 1. The molecule has 9 nitrogen and oxygen atoms in total. The Hall–Kier alpha value is -3.23. The quantitative estimate of drug-likeness (QED) is 0.727. The average Bonchev–Trinajstić information content (AvgIpc) is 2.92. The molecule has 0 radical (unpaired) electrons. The zero-order chi connectivity index (χ0) is 20.0. The maximum absolute atomic E-state index is 12.9. The van der Waals surface area contributed by atoms with Gasteiger partial charge in [-0.2, -0.15) is 0 Å². The van der Waals surface area contributed by atoms with Crippen molar-refractivity contribution >= 4 is 35.3 Å². The van der Waals surface area contributed by atoms with Gasteiger partial charge in [-0.05, 0) is 43.9 Å². The lowest BCUT2D eigenvalue weighted by Crippen LogP contribution is -2.54. The van der Waals surface area contributed by atoms with Gasteiger partial charge in [0.15, 0.2) is 0 Å². The Balaban J connectivity index is 1.65. The number of aliphatic carboxylic acids is 1. The fraction of sp³-hybridized carbons (Fsp3) is 0.421. The highest BCUT2D eigenvalue weighted by molar-refractivity contribution is 6.23. The Labute approximate surface area is 160 Å². The highest BCUT2D eigenvalue weighted by atomic mass is 16.4. The van der Waals surface area contributed by atoms with Gasteiger partial charge in [-0.25, -0.2) is 4.79 Å². The Morgan fingerprint density at radius 1 is 1.04 bits per heavy atom. The first-order valence-electron chi connectivity index (χ1n) is 9.23. The van der Waals surface area contributed by atoms with Crippen LogP contribution < -0.4 is 10.2 Å². The maximum atomic E-state index is 12.9. The molecule has 0 saturated carbocycles. The van der Waals surface area contributed by atoms with Crippen molar-refractivity contribution in [1.82, 2.24) is 10.2 Å². The molecular formula is C19H19N3O6. The van der Waals surface area contributed by atoms with Gasteiger partial charge in [-0.3, -0.25) is 29.4 Å². The van der Waals surface area contributed by atoms with Crippen molar-refractivity contribution < 1.29 is 29.1 Å². The van der Waals surface area contributed by atoms with Gasteiger partial charge in [0.05, 0.1) is 11.1 Å². The predicted molar refractivity (Wildman–Crippen MR) is 95.7 cm³/mol. The molecule has 0 aliphatic carbocycles. The van der Waals surface area contributed by atoms with Crippen molar-refractivity contribution in [2.75, 3.05) is 11.4 Å². The summed E-state index contributed by atoms with van der Waals surface area (Å²) in [5.41, 5.74) is 0.904. The van der Waals surface area contributed by atoms with Gasteiger partial charge in [-0.1, -0.05) is 0 Å². The second-order valence-electron chi connectivity index (χ2n) is 7.22. The summed E-state index contributed by atoms with van der Waals surface area (Å²) in [5.74, 6) is -3.18. The van der Waals surface area contributed by atoms with E-state index in [1.54, 1.807) is 11.0 Å². The third-order valence-electron chi connectivity index (χ3n) is 5.54. The molecule has 0 spiro atoms. The number of imide groups is 2. The van der Waals surface area contributed by atoms with E-state index in [-0.39, 0.29) is 24.0 Å². The molecule has 1 aromatic carbocycles. The highest BCUT2D eigenvalue weighted by Crippen LogP contribution is 2.32. The molecule has 3 aliphatic rings. The largest absolute Gasteiger partial charge is 0.480 e. The first-order chi connectivity index (χ1) is 13.4. The number of fused-ring (bicyclic) bond motifs is 1. The van der Waals surface area contributed by atoms with E-state index in [1.165, 1.54) is 12.1 Å². The number of piperidine rings is 2. The summed E-state index contributed by atoms with van der Waals surface area (Å²) in [6, 6.07) is 2.98. The van der Waals surface area contributed by atoms with Crippen molar-refractivity contribution in [3.8, 4) is 0 Å². The lowest BCUT2D eigenvalue weighted by molar-refractivity contribution is -0.139. The topological polar surface area (TPSA) is 124 Å². The normalized spacial score (nSPS) is 25.0. The van der Waals surface area contributed by atoms with E-state index in [0.717, 1.165) is 17.7 Å². The molecule has 2 atom stereocenters. The molecule has 1 aromatic rings.